The summed E-state index contributed by atoms with van der Waals surface area (Å²) in [5.41, 5.74) is 5.06. The molecule has 0 heterocycles. The summed E-state index contributed by atoms with van der Waals surface area (Å²) in [6, 6.07) is -1.11. The number of aliphatic carboxylic acids is 2. The molecule has 5 N–H and O–H groups in total. The van der Waals surface area contributed by atoms with E-state index in [1.807, 2.05) is 0 Å². The topological polar surface area (TPSA) is 121 Å². The first kappa shape index (κ1) is 10.9. The Kier molecular flexibility index (Phi) is 4.24. The summed E-state index contributed by atoms with van der Waals surface area (Å²) in [5, 5.41) is 25.2. The Morgan fingerprint density at radius 2 is 1.67 bits per heavy atom. The maximum Gasteiger partial charge on any atom is 0.332 e. The molecule has 6 nitrogen and oxygen atoms in total. The molecule has 0 fully saturated rings. The summed E-state index contributed by atoms with van der Waals surface area (Å²) in [6.07, 6.45) is -1.73. The van der Waals surface area contributed by atoms with Gasteiger partial charge in [0.25, 0.3) is 0 Å². The minimum Gasteiger partial charge on any atom is -0.480 e. The normalized spacial score (nSPS) is 15.2. The quantitative estimate of drug-likeness (QED) is 0.411. The molecule has 0 aromatic rings. The summed E-state index contributed by atoms with van der Waals surface area (Å²) >= 11 is 0. The Balaban J connectivity index is 3.68. The van der Waals surface area contributed by atoms with E-state index in [0.29, 0.717) is 0 Å². The summed E-state index contributed by atoms with van der Waals surface area (Å²) in [5.74, 6) is -2.57. The van der Waals surface area contributed by atoms with Crippen molar-refractivity contribution in [1.29, 1.82) is 0 Å². The number of carboxylic acid groups (broad SMARTS) is 2. The average Bonchev–Trinajstić information content (AvgIpc) is 1.98. The minimum absolute atomic E-state index is 0.0528. The highest BCUT2D eigenvalue weighted by Gasteiger charge is 2.17. The Labute approximate surface area is 68.6 Å². The van der Waals surface area contributed by atoms with Crippen LogP contribution in [0.4, 0.5) is 0 Å². The molecular weight excluding hydrogens is 166 g/mol. The van der Waals surface area contributed by atoms with Gasteiger partial charge in [0.15, 0.2) is 6.10 Å². The van der Waals surface area contributed by atoms with Crippen molar-refractivity contribution in [3.8, 4) is 0 Å². The molecule has 0 aliphatic heterocycles. The van der Waals surface area contributed by atoms with Crippen molar-refractivity contribution in [2.24, 2.45) is 5.73 Å². The van der Waals surface area contributed by atoms with E-state index in [1.54, 1.807) is 0 Å². The van der Waals surface area contributed by atoms with Crippen LogP contribution in [0.15, 0.2) is 0 Å². The van der Waals surface area contributed by atoms with Crippen molar-refractivity contribution in [2.45, 2.75) is 25.0 Å². The zero-order valence-corrected chi connectivity index (χ0v) is 6.30. The molecule has 70 valence electrons. The first-order valence-corrected chi connectivity index (χ1v) is 3.34. The molecule has 0 bridgehead atoms. The largest absolute Gasteiger partial charge is 0.480 e. The van der Waals surface area contributed by atoms with Gasteiger partial charge in [-0.25, -0.2) is 4.79 Å². The van der Waals surface area contributed by atoms with Gasteiger partial charge in [-0.15, -0.1) is 0 Å². The van der Waals surface area contributed by atoms with Gasteiger partial charge in [0.05, 0.1) is 0 Å². The van der Waals surface area contributed by atoms with E-state index < -0.39 is 24.1 Å². The molecule has 0 aromatic carbocycles. The molecule has 0 aromatic heterocycles. The van der Waals surface area contributed by atoms with Gasteiger partial charge in [0, 0.05) is 0 Å². The van der Waals surface area contributed by atoms with E-state index >= 15 is 0 Å². The van der Waals surface area contributed by atoms with Crippen LogP contribution in [0.3, 0.4) is 0 Å². The first-order valence-electron chi connectivity index (χ1n) is 3.34. The summed E-state index contributed by atoms with van der Waals surface area (Å²) in [7, 11) is 0. The molecule has 0 rings (SSSR count). The highest BCUT2D eigenvalue weighted by atomic mass is 16.4. The van der Waals surface area contributed by atoms with Crippen molar-refractivity contribution in [3.63, 3.8) is 0 Å². The predicted molar refractivity (Wildman–Crippen MR) is 38.5 cm³/mol. The predicted octanol–water partition coefficient (Wildman–Crippen LogP) is -1.38. The number of hydrogen-bond donors (Lipinski definition) is 4. The third-order valence-electron chi connectivity index (χ3n) is 1.35. The smallest absolute Gasteiger partial charge is 0.332 e. The second-order valence-electron chi connectivity index (χ2n) is 2.38. The van der Waals surface area contributed by atoms with Crippen LogP contribution in [0.5, 0.6) is 0 Å². The Morgan fingerprint density at radius 1 is 1.17 bits per heavy atom. The molecule has 0 radical (unpaired) electrons. The monoisotopic (exact) mass is 177 g/mol. The fourth-order valence-electron chi connectivity index (χ4n) is 0.584. The van der Waals surface area contributed by atoms with Gasteiger partial charge >= 0.3 is 11.9 Å². The minimum atomic E-state index is -1.53. The second kappa shape index (κ2) is 4.68. The summed E-state index contributed by atoms with van der Waals surface area (Å²) < 4.78 is 0. The summed E-state index contributed by atoms with van der Waals surface area (Å²) in [4.78, 5) is 20.2. The van der Waals surface area contributed by atoms with Crippen LogP contribution in [0, 0.1) is 0 Å². The van der Waals surface area contributed by atoms with Crippen molar-refractivity contribution >= 4 is 11.9 Å². The van der Waals surface area contributed by atoms with Crippen LogP contribution in [-0.2, 0) is 9.59 Å². The number of rotatable bonds is 5. The molecule has 12 heavy (non-hydrogen) atoms. The zero-order chi connectivity index (χ0) is 9.72. The Bertz CT molecular complexity index is 161. The van der Waals surface area contributed by atoms with Crippen LogP contribution in [0.2, 0.25) is 0 Å². The second-order valence-corrected chi connectivity index (χ2v) is 2.38. The fourth-order valence-corrected chi connectivity index (χ4v) is 0.584. The molecule has 1 unspecified atom stereocenters. The van der Waals surface area contributed by atoms with E-state index in [9.17, 15) is 9.59 Å². The van der Waals surface area contributed by atoms with Crippen LogP contribution < -0.4 is 5.73 Å². The maximum absolute atomic E-state index is 10.1. The average molecular weight is 177 g/mol. The standard InChI is InChI=1S/C6H11NO5/c7-3(5(9)10)1-2-4(8)6(11)12/h3-4,8H,1-2,7H2,(H,9,10)(H,11,12)/t3-,4?/m1/s1. The molecule has 0 saturated heterocycles. The van der Waals surface area contributed by atoms with Gasteiger partial charge in [0.2, 0.25) is 0 Å². The number of hydrogen-bond acceptors (Lipinski definition) is 4. The maximum atomic E-state index is 10.1. The van der Waals surface area contributed by atoms with Gasteiger partial charge in [-0.1, -0.05) is 0 Å². The van der Waals surface area contributed by atoms with Crippen molar-refractivity contribution in [2.75, 3.05) is 0 Å². The molecule has 6 heteroatoms. The van der Waals surface area contributed by atoms with Crippen molar-refractivity contribution < 1.29 is 24.9 Å². The molecule has 0 aliphatic carbocycles. The van der Waals surface area contributed by atoms with E-state index in [2.05, 4.69) is 0 Å². The zero-order valence-electron chi connectivity index (χ0n) is 6.30. The SMILES string of the molecule is N[C@H](CCC(O)C(=O)O)C(=O)O. The van der Waals surface area contributed by atoms with Gasteiger partial charge in [-0.05, 0) is 12.8 Å². The first-order chi connectivity index (χ1) is 5.45. The van der Waals surface area contributed by atoms with Crippen molar-refractivity contribution in [1.82, 2.24) is 0 Å². The van der Waals surface area contributed by atoms with Gasteiger partial charge in [0.1, 0.15) is 6.04 Å². The van der Waals surface area contributed by atoms with Crippen LogP contribution in [-0.4, -0.2) is 39.4 Å². The van der Waals surface area contributed by atoms with Gasteiger partial charge in [-0.2, -0.15) is 0 Å². The third kappa shape index (κ3) is 3.89. The number of nitrogens with two attached hydrogens (primary N) is 1. The van der Waals surface area contributed by atoms with E-state index in [-0.39, 0.29) is 12.8 Å². The molecule has 0 saturated carbocycles. The molecule has 0 aliphatic rings. The number of aliphatic hydroxyl groups is 1. The number of carbonyl (C=O) groups is 2. The van der Waals surface area contributed by atoms with E-state index in [4.69, 9.17) is 21.1 Å². The van der Waals surface area contributed by atoms with Crippen molar-refractivity contribution in [3.05, 3.63) is 0 Å². The Morgan fingerprint density at radius 3 is 2.00 bits per heavy atom. The lowest BCUT2D eigenvalue weighted by molar-refractivity contribution is -0.147. The van der Waals surface area contributed by atoms with Gasteiger partial charge < -0.3 is 21.1 Å². The third-order valence-corrected chi connectivity index (χ3v) is 1.35. The lowest BCUT2D eigenvalue weighted by atomic mass is 10.1. The molecular formula is C6H11NO5. The van der Waals surface area contributed by atoms with E-state index in [0.717, 1.165) is 0 Å². The Hall–Kier alpha value is -1.14. The molecule has 0 amide bonds. The molecule has 2 atom stereocenters. The highest BCUT2D eigenvalue weighted by molar-refractivity contribution is 5.74. The van der Waals surface area contributed by atoms with Gasteiger partial charge in [-0.3, -0.25) is 4.79 Å². The fraction of sp³-hybridized carbons (Fsp3) is 0.667. The van der Waals surface area contributed by atoms with E-state index in [1.165, 1.54) is 0 Å². The lowest BCUT2D eigenvalue weighted by Gasteiger charge is -2.07. The summed E-state index contributed by atoms with van der Waals surface area (Å²) in [6.45, 7) is 0. The highest BCUT2D eigenvalue weighted by Crippen LogP contribution is 2.00. The molecule has 0 spiro atoms. The number of aliphatic hydroxyl groups excluding tert-OH is 1. The lowest BCUT2D eigenvalue weighted by Crippen LogP contribution is -2.32. The van der Waals surface area contributed by atoms with Crippen LogP contribution >= 0.6 is 0 Å². The van der Waals surface area contributed by atoms with Crippen LogP contribution in [0.1, 0.15) is 12.8 Å². The van der Waals surface area contributed by atoms with Crippen LogP contribution in [0.25, 0.3) is 0 Å². The number of carboxylic acids is 2.